The van der Waals surface area contributed by atoms with Gasteiger partial charge in [0.05, 0.1) is 0 Å². The van der Waals surface area contributed by atoms with E-state index in [2.05, 4.69) is 12.3 Å². The first-order valence-corrected chi connectivity index (χ1v) is 6.62. The molecular weight excluding hydrogens is 258 g/mol. The number of benzene rings is 2. The van der Waals surface area contributed by atoms with Gasteiger partial charge in [-0.3, -0.25) is 11.3 Å². The van der Waals surface area contributed by atoms with E-state index in [-0.39, 0.29) is 6.04 Å². The molecule has 2 aromatic rings. The maximum absolute atomic E-state index is 13.2. The summed E-state index contributed by atoms with van der Waals surface area (Å²) in [6.07, 6.45) is 1.40. The zero-order valence-electron chi connectivity index (χ0n) is 11.4. The highest BCUT2D eigenvalue weighted by Gasteiger charge is 2.12. The first-order valence-electron chi connectivity index (χ1n) is 6.62. The molecule has 0 heterocycles. The number of aryl methyl sites for hydroxylation is 1. The van der Waals surface area contributed by atoms with Crippen LogP contribution in [0.1, 0.15) is 29.7 Å². The van der Waals surface area contributed by atoms with Gasteiger partial charge in [0.15, 0.2) is 0 Å². The lowest BCUT2D eigenvalue weighted by Gasteiger charge is -2.17. The van der Waals surface area contributed by atoms with E-state index in [9.17, 15) is 8.78 Å². The zero-order chi connectivity index (χ0) is 14.5. The van der Waals surface area contributed by atoms with Crippen molar-refractivity contribution in [1.29, 1.82) is 0 Å². The Kier molecular flexibility index (Phi) is 4.82. The van der Waals surface area contributed by atoms with Gasteiger partial charge in [0.2, 0.25) is 0 Å². The highest BCUT2D eigenvalue weighted by Crippen LogP contribution is 2.20. The second-order valence-corrected chi connectivity index (χ2v) is 4.80. The van der Waals surface area contributed by atoms with Crippen molar-refractivity contribution in [2.45, 2.75) is 25.8 Å². The average molecular weight is 276 g/mol. The number of nitrogens with two attached hydrogens (primary N) is 1. The Labute approximate surface area is 117 Å². The second-order valence-electron chi connectivity index (χ2n) is 4.80. The van der Waals surface area contributed by atoms with E-state index in [1.807, 2.05) is 24.3 Å². The summed E-state index contributed by atoms with van der Waals surface area (Å²) in [7, 11) is 0. The summed E-state index contributed by atoms with van der Waals surface area (Å²) >= 11 is 0. The van der Waals surface area contributed by atoms with Crippen LogP contribution in [-0.4, -0.2) is 0 Å². The van der Waals surface area contributed by atoms with Gasteiger partial charge in [-0.1, -0.05) is 31.2 Å². The minimum absolute atomic E-state index is 0.179. The van der Waals surface area contributed by atoms with Crippen molar-refractivity contribution in [3.8, 4) is 0 Å². The topological polar surface area (TPSA) is 38.0 Å². The van der Waals surface area contributed by atoms with Gasteiger partial charge in [0.1, 0.15) is 11.6 Å². The van der Waals surface area contributed by atoms with Crippen LogP contribution in [0.4, 0.5) is 8.78 Å². The molecule has 20 heavy (non-hydrogen) atoms. The lowest BCUT2D eigenvalue weighted by molar-refractivity contribution is 0.540. The van der Waals surface area contributed by atoms with Crippen molar-refractivity contribution in [2.75, 3.05) is 0 Å². The molecule has 0 radical (unpaired) electrons. The quantitative estimate of drug-likeness (QED) is 0.649. The summed E-state index contributed by atoms with van der Waals surface area (Å²) in [5.74, 6) is 4.42. The summed E-state index contributed by atoms with van der Waals surface area (Å²) < 4.78 is 26.4. The summed E-state index contributed by atoms with van der Waals surface area (Å²) in [6.45, 7) is 2.09. The summed E-state index contributed by atoms with van der Waals surface area (Å²) in [5, 5.41) is 0. The van der Waals surface area contributed by atoms with Crippen molar-refractivity contribution >= 4 is 0 Å². The van der Waals surface area contributed by atoms with Crippen LogP contribution in [0.2, 0.25) is 0 Å². The molecule has 2 rings (SSSR count). The molecule has 0 fully saturated rings. The smallest absolute Gasteiger partial charge is 0.126 e. The predicted octanol–water partition coefficient (Wildman–Crippen LogP) is 3.27. The first-order chi connectivity index (χ1) is 9.62. The highest BCUT2D eigenvalue weighted by molar-refractivity contribution is 5.27. The molecule has 0 aliphatic rings. The number of hydrogen-bond donors (Lipinski definition) is 2. The minimum atomic E-state index is -0.572. The van der Waals surface area contributed by atoms with Crippen molar-refractivity contribution in [3.05, 3.63) is 70.8 Å². The van der Waals surface area contributed by atoms with Crippen LogP contribution in [0.15, 0.2) is 42.5 Å². The van der Waals surface area contributed by atoms with E-state index in [1.165, 1.54) is 17.7 Å². The molecule has 106 valence electrons. The molecule has 1 atom stereocenters. The summed E-state index contributed by atoms with van der Waals surface area (Å²) in [4.78, 5) is 0. The summed E-state index contributed by atoms with van der Waals surface area (Å²) in [5.41, 5.74) is 5.50. The van der Waals surface area contributed by atoms with Gasteiger partial charge in [-0.05, 0) is 41.7 Å². The van der Waals surface area contributed by atoms with Gasteiger partial charge in [0.25, 0.3) is 0 Å². The Bertz CT molecular complexity index is 547. The molecule has 3 N–H and O–H groups in total. The van der Waals surface area contributed by atoms with Crippen LogP contribution < -0.4 is 11.3 Å². The summed E-state index contributed by atoms with van der Waals surface area (Å²) in [6, 6.07) is 11.4. The van der Waals surface area contributed by atoms with Crippen molar-refractivity contribution in [1.82, 2.24) is 5.43 Å². The van der Waals surface area contributed by atoms with Gasteiger partial charge in [0, 0.05) is 12.1 Å². The van der Waals surface area contributed by atoms with Crippen LogP contribution >= 0.6 is 0 Å². The Morgan fingerprint density at radius 1 is 1.00 bits per heavy atom. The van der Waals surface area contributed by atoms with Crippen LogP contribution in [-0.2, 0) is 12.8 Å². The van der Waals surface area contributed by atoms with Gasteiger partial charge in [-0.15, -0.1) is 0 Å². The van der Waals surface area contributed by atoms with E-state index in [4.69, 9.17) is 5.84 Å². The largest absolute Gasteiger partial charge is 0.271 e. The minimum Gasteiger partial charge on any atom is -0.271 e. The number of nitrogens with one attached hydrogen (secondary N) is 1. The van der Waals surface area contributed by atoms with Crippen molar-refractivity contribution < 1.29 is 8.78 Å². The molecule has 0 saturated carbocycles. The zero-order valence-corrected chi connectivity index (χ0v) is 11.4. The highest BCUT2D eigenvalue weighted by atomic mass is 19.1. The Morgan fingerprint density at radius 2 is 1.60 bits per heavy atom. The fourth-order valence-electron chi connectivity index (χ4n) is 2.22. The lowest BCUT2D eigenvalue weighted by Crippen LogP contribution is -2.29. The van der Waals surface area contributed by atoms with E-state index in [1.54, 1.807) is 0 Å². The van der Waals surface area contributed by atoms with Gasteiger partial charge >= 0.3 is 0 Å². The number of hydrazine groups is 1. The molecule has 0 saturated heterocycles. The van der Waals surface area contributed by atoms with E-state index >= 15 is 0 Å². The molecule has 0 amide bonds. The van der Waals surface area contributed by atoms with Gasteiger partial charge < -0.3 is 0 Å². The molecule has 2 nitrogen and oxygen atoms in total. The predicted molar refractivity (Wildman–Crippen MR) is 75.9 cm³/mol. The van der Waals surface area contributed by atoms with Crippen LogP contribution in [0.5, 0.6) is 0 Å². The normalized spacial score (nSPS) is 12.4. The third-order valence-electron chi connectivity index (χ3n) is 3.35. The van der Waals surface area contributed by atoms with E-state index < -0.39 is 11.6 Å². The standard InChI is InChI=1S/C16H18F2N2/c1-2-11-3-5-13(6-4-11)16(20-19)9-12-7-14(17)10-15(18)8-12/h3-8,10,16,20H,2,9,19H2,1H3. The van der Waals surface area contributed by atoms with Crippen LogP contribution in [0, 0.1) is 11.6 Å². The van der Waals surface area contributed by atoms with Gasteiger partial charge in [-0.2, -0.15) is 0 Å². The monoisotopic (exact) mass is 276 g/mol. The average Bonchev–Trinajstić information content (AvgIpc) is 2.44. The Morgan fingerprint density at radius 3 is 2.10 bits per heavy atom. The lowest BCUT2D eigenvalue weighted by atomic mass is 9.98. The molecule has 4 heteroatoms. The van der Waals surface area contributed by atoms with Crippen LogP contribution in [0.25, 0.3) is 0 Å². The Balaban J connectivity index is 2.19. The number of halogens is 2. The SMILES string of the molecule is CCc1ccc(C(Cc2cc(F)cc(F)c2)NN)cc1. The Hall–Kier alpha value is -1.78. The van der Waals surface area contributed by atoms with Crippen molar-refractivity contribution in [3.63, 3.8) is 0 Å². The van der Waals surface area contributed by atoms with Gasteiger partial charge in [-0.25, -0.2) is 8.78 Å². The maximum Gasteiger partial charge on any atom is 0.126 e. The third kappa shape index (κ3) is 3.62. The molecule has 0 spiro atoms. The van der Waals surface area contributed by atoms with Crippen LogP contribution in [0.3, 0.4) is 0 Å². The fourth-order valence-corrected chi connectivity index (χ4v) is 2.22. The molecular formula is C16H18F2N2. The third-order valence-corrected chi connectivity index (χ3v) is 3.35. The van der Waals surface area contributed by atoms with E-state index in [0.717, 1.165) is 18.1 Å². The molecule has 0 aromatic heterocycles. The number of hydrogen-bond acceptors (Lipinski definition) is 2. The molecule has 0 bridgehead atoms. The second kappa shape index (κ2) is 6.59. The number of rotatable bonds is 5. The first kappa shape index (κ1) is 14.6. The molecule has 0 aliphatic heterocycles. The fraction of sp³-hybridized carbons (Fsp3) is 0.250. The molecule has 2 aromatic carbocycles. The molecule has 1 unspecified atom stereocenters. The van der Waals surface area contributed by atoms with Crippen molar-refractivity contribution in [2.24, 2.45) is 5.84 Å². The molecule has 0 aliphatic carbocycles. The van der Waals surface area contributed by atoms with E-state index in [0.29, 0.717) is 12.0 Å². The maximum atomic E-state index is 13.2.